The third-order valence-electron chi connectivity index (χ3n) is 3.11. The van der Waals surface area contributed by atoms with Crippen molar-refractivity contribution in [3.8, 4) is 5.75 Å². The zero-order valence-electron chi connectivity index (χ0n) is 12.5. The quantitative estimate of drug-likeness (QED) is 0.844. The van der Waals surface area contributed by atoms with Crippen LogP contribution in [0.4, 0.5) is 8.78 Å². The second-order valence-corrected chi connectivity index (χ2v) is 4.90. The summed E-state index contributed by atoms with van der Waals surface area (Å²) in [5.74, 6) is -1.21. The van der Waals surface area contributed by atoms with E-state index in [4.69, 9.17) is 4.74 Å². The maximum absolute atomic E-state index is 13.2. The van der Waals surface area contributed by atoms with Crippen LogP contribution in [0.15, 0.2) is 42.5 Å². The molecule has 0 heterocycles. The topological polar surface area (TPSA) is 29.5 Å². The first-order valence-electron chi connectivity index (χ1n) is 6.93. The van der Waals surface area contributed by atoms with E-state index in [0.29, 0.717) is 13.2 Å². The number of hydrogen-bond acceptors (Lipinski definition) is 2. The molecule has 0 aliphatic heterocycles. The smallest absolute Gasteiger partial charge is 0.254 e. The third kappa shape index (κ3) is 4.04. The van der Waals surface area contributed by atoms with Crippen molar-refractivity contribution >= 4 is 5.91 Å². The van der Waals surface area contributed by atoms with Crippen LogP contribution < -0.4 is 4.74 Å². The molecule has 0 radical (unpaired) electrons. The van der Waals surface area contributed by atoms with Crippen LogP contribution in [0.2, 0.25) is 0 Å². The molecule has 1 amide bonds. The molecular formula is C17H17F2NO2. The molecule has 0 fully saturated rings. The van der Waals surface area contributed by atoms with Crippen LogP contribution in [0.5, 0.6) is 5.75 Å². The van der Waals surface area contributed by atoms with Crippen LogP contribution in [-0.2, 0) is 6.54 Å². The Labute approximate surface area is 128 Å². The van der Waals surface area contributed by atoms with Gasteiger partial charge in [0.25, 0.3) is 5.91 Å². The van der Waals surface area contributed by atoms with E-state index in [2.05, 4.69) is 0 Å². The van der Waals surface area contributed by atoms with Crippen molar-refractivity contribution in [2.45, 2.75) is 13.5 Å². The van der Waals surface area contributed by atoms with Crippen molar-refractivity contribution in [1.29, 1.82) is 0 Å². The lowest BCUT2D eigenvalue weighted by molar-refractivity contribution is 0.0784. The normalized spacial score (nSPS) is 10.4. The van der Waals surface area contributed by atoms with Gasteiger partial charge < -0.3 is 9.64 Å². The lowest BCUT2D eigenvalue weighted by Crippen LogP contribution is -2.26. The van der Waals surface area contributed by atoms with Gasteiger partial charge >= 0.3 is 0 Å². The zero-order chi connectivity index (χ0) is 16.1. The minimum Gasteiger partial charge on any atom is -0.494 e. The summed E-state index contributed by atoms with van der Waals surface area (Å²) in [6.45, 7) is 2.82. The lowest BCUT2D eigenvalue weighted by atomic mass is 10.1. The minimum atomic E-state index is -0.766. The van der Waals surface area contributed by atoms with Crippen LogP contribution in [0, 0.1) is 11.6 Å². The summed E-state index contributed by atoms with van der Waals surface area (Å²) in [5, 5.41) is 0. The monoisotopic (exact) mass is 305 g/mol. The molecule has 0 atom stereocenters. The van der Waals surface area contributed by atoms with E-state index in [1.807, 2.05) is 31.2 Å². The Kier molecular flexibility index (Phi) is 5.09. The fraction of sp³-hybridized carbons (Fsp3) is 0.235. The van der Waals surface area contributed by atoms with Crippen LogP contribution in [0.1, 0.15) is 22.8 Å². The molecule has 0 saturated carbocycles. The number of carbonyl (C=O) groups excluding carboxylic acids is 1. The number of amides is 1. The maximum Gasteiger partial charge on any atom is 0.254 e. The largest absolute Gasteiger partial charge is 0.494 e. The SMILES string of the molecule is CCOc1ccc(CN(C)C(=O)c2cc(F)cc(F)c2)cc1. The molecule has 116 valence electrons. The van der Waals surface area contributed by atoms with E-state index in [9.17, 15) is 13.6 Å². The molecule has 22 heavy (non-hydrogen) atoms. The van der Waals surface area contributed by atoms with Crippen molar-refractivity contribution in [3.05, 3.63) is 65.2 Å². The van der Waals surface area contributed by atoms with Gasteiger partial charge in [-0.25, -0.2) is 8.78 Å². The molecule has 0 bridgehead atoms. The van der Waals surface area contributed by atoms with Crippen LogP contribution >= 0.6 is 0 Å². The number of rotatable bonds is 5. The highest BCUT2D eigenvalue weighted by molar-refractivity contribution is 5.94. The van der Waals surface area contributed by atoms with Crippen molar-refractivity contribution in [3.63, 3.8) is 0 Å². The predicted octanol–water partition coefficient (Wildman–Crippen LogP) is 3.64. The van der Waals surface area contributed by atoms with E-state index < -0.39 is 17.5 Å². The molecular weight excluding hydrogens is 288 g/mol. The van der Waals surface area contributed by atoms with Gasteiger partial charge in [0.1, 0.15) is 17.4 Å². The van der Waals surface area contributed by atoms with Gasteiger partial charge in [0.2, 0.25) is 0 Å². The van der Waals surface area contributed by atoms with Crippen molar-refractivity contribution < 1.29 is 18.3 Å². The van der Waals surface area contributed by atoms with Crippen LogP contribution in [0.3, 0.4) is 0 Å². The molecule has 0 unspecified atom stereocenters. The summed E-state index contributed by atoms with van der Waals surface area (Å²) < 4.78 is 31.7. The van der Waals surface area contributed by atoms with Gasteiger partial charge in [0.05, 0.1) is 6.61 Å². The maximum atomic E-state index is 13.2. The molecule has 2 aromatic rings. The number of hydrogen-bond donors (Lipinski definition) is 0. The highest BCUT2D eigenvalue weighted by Gasteiger charge is 2.14. The zero-order valence-corrected chi connectivity index (χ0v) is 12.5. The highest BCUT2D eigenvalue weighted by atomic mass is 19.1. The first-order valence-corrected chi connectivity index (χ1v) is 6.93. The molecule has 0 spiro atoms. The first kappa shape index (κ1) is 15.9. The molecule has 2 rings (SSSR count). The second kappa shape index (κ2) is 7.02. The summed E-state index contributed by atoms with van der Waals surface area (Å²) in [5.41, 5.74) is 0.891. The number of nitrogens with zero attached hydrogens (tertiary/aromatic N) is 1. The van der Waals surface area contributed by atoms with Crippen LogP contribution in [0.25, 0.3) is 0 Å². The summed E-state index contributed by atoms with van der Waals surface area (Å²) >= 11 is 0. The number of ether oxygens (including phenoxy) is 1. The average Bonchev–Trinajstić information content (AvgIpc) is 2.47. The van der Waals surface area contributed by atoms with Gasteiger partial charge in [0.15, 0.2) is 0 Å². The second-order valence-electron chi connectivity index (χ2n) is 4.90. The van der Waals surface area contributed by atoms with Gasteiger partial charge in [-0.05, 0) is 36.8 Å². The molecule has 0 saturated heterocycles. The molecule has 3 nitrogen and oxygen atoms in total. The fourth-order valence-electron chi connectivity index (χ4n) is 2.10. The van der Waals surface area contributed by atoms with Crippen molar-refractivity contribution in [2.75, 3.05) is 13.7 Å². The van der Waals surface area contributed by atoms with E-state index in [1.165, 1.54) is 4.90 Å². The van der Waals surface area contributed by atoms with E-state index in [1.54, 1.807) is 7.05 Å². The van der Waals surface area contributed by atoms with E-state index in [0.717, 1.165) is 29.5 Å². The number of carbonyl (C=O) groups is 1. The van der Waals surface area contributed by atoms with Crippen molar-refractivity contribution in [1.82, 2.24) is 4.90 Å². The Morgan fingerprint density at radius 3 is 2.23 bits per heavy atom. The van der Waals surface area contributed by atoms with Gasteiger partial charge in [-0.15, -0.1) is 0 Å². The Morgan fingerprint density at radius 1 is 1.09 bits per heavy atom. The minimum absolute atomic E-state index is 0.00839. The standard InChI is InChI=1S/C17H17F2NO2/c1-3-22-16-6-4-12(5-7-16)11-20(2)17(21)13-8-14(18)10-15(19)9-13/h4-10H,3,11H2,1-2H3. The highest BCUT2D eigenvalue weighted by Crippen LogP contribution is 2.15. The summed E-state index contributed by atoms with van der Waals surface area (Å²) in [6, 6.07) is 10.1. The van der Waals surface area contributed by atoms with Gasteiger partial charge in [-0.2, -0.15) is 0 Å². The molecule has 2 aromatic carbocycles. The Bertz CT molecular complexity index is 636. The van der Waals surface area contributed by atoms with E-state index >= 15 is 0 Å². The summed E-state index contributed by atoms with van der Waals surface area (Å²) in [7, 11) is 1.58. The predicted molar refractivity (Wildman–Crippen MR) is 79.8 cm³/mol. The first-order chi connectivity index (χ1) is 10.5. The van der Waals surface area contributed by atoms with E-state index in [-0.39, 0.29) is 5.56 Å². The number of benzene rings is 2. The summed E-state index contributed by atoms with van der Waals surface area (Å²) in [6.07, 6.45) is 0. The number of halogens is 2. The Balaban J connectivity index is 2.07. The molecule has 0 N–H and O–H groups in total. The molecule has 5 heteroatoms. The third-order valence-corrected chi connectivity index (χ3v) is 3.11. The fourth-order valence-corrected chi connectivity index (χ4v) is 2.10. The van der Waals surface area contributed by atoms with Crippen molar-refractivity contribution in [2.24, 2.45) is 0 Å². The lowest BCUT2D eigenvalue weighted by Gasteiger charge is -2.17. The van der Waals surface area contributed by atoms with Gasteiger partial charge in [-0.3, -0.25) is 4.79 Å². The molecule has 0 aliphatic rings. The average molecular weight is 305 g/mol. The van der Waals surface area contributed by atoms with Gasteiger partial charge in [-0.1, -0.05) is 12.1 Å². The molecule has 0 aliphatic carbocycles. The van der Waals surface area contributed by atoms with Crippen LogP contribution in [-0.4, -0.2) is 24.5 Å². The Hall–Kier alpha value is -2.43. The summed E-state index contributed by atoms with van der Waals surface area (Å²) in [4.78, 5) is 13.6. The molecule has 0 aromatic heterocycles. The van der Waals surface area contributed by atoms with Gasteiger partial charge in [0, 0.05) is 25.2 Å². The Morgan fingerprint density at radius 2 is 1.68 bits per heavy atom.